The Labute approximate surface area is 161 Å². The summed E-state index contributed by atoms with van der Waals surface area (Å²) in [4.78, 5) is 17.9. The minimum absolute atomic E-state index is 0.0297. The maximum atomic E-state index is 12.2. The van der Waals surface area contributed by atoms with Gasteiger partial charge in [0.15, 0.2) is 0 Å². The molecule has 4 nitrogen and oxygen atoms in total. The first-order valence-electron chi connectivity index (χ1n) is 9.47. The summed E-state index contributed by atoms with van der Waals surface area (Å²) in [5.41, 5.74) is 1.90. The van der Waals surface area contributed by atoms with Crippen LogP contribution in [0.4, 0.5) is 5.69 Å². The van der Waals surface area contributed by atoms with Crippen molar-refractivity contribution in [2.75, 3.05) is 11.9 Å². The second-order valence-electron chi connectivity index (χ2n) is 7.17. The summed E-state index contributed by atoms with van der Waals surface area (Å²) < 4.78 is 1.76. The Bertz CT molecular complexity index is 753. The van der Waals surface area contributed by atoms with Crippen molar-refractivity contribution < 1.29 is 0 Å². The fourth-order valence-corrected chi connectivity index (χ4v) is 4.34. The zero-order chi connectivity index (χ0) is 19.1. The Morgan fingerprint density at radius 1 is 1.19 bits per heavy atom. The minimum Gasteiger partial charge on any atom is -0.383 e. The van der Waals surface area contributed by atoms with Gasteiger partial charge in [-0.15, -0.1) is 11.8 Å². The van der Waals surface area contributed by atoms with E-state index in [4.69, 9.17) is 0 Å². The summed E-state index contributed by atoms with van der Waals surface area (Å²) in [6.45, 7) is 12.0. The average molecular weight is 374 g/mol. The predicted octanol–water partition coefficient (Wildman–Crippen LogP) is 4.75. The maximum absolute atomic E-state index is 12.2. The van der Waals surface area contributed by atoms with Crippen molar-refractivity contribution in [3.8, 4) is 0 Å². The number of hydrogen-bond donors (Lipinski definition) is 1. The van der Waals surface area contributed by atoms with Crippen LogP contribution in [0.15, 0.2) is 40.0 Å². The standard InChI is InChI=1S/C21H31N3OS/c1-6-20-23-16(4)14-21(25)24(20)12-11-22-18-7-9-19(10-8-18)26-17(5)13-15(2)3/h7-10,14-15,17,22H,6,11-13H2,1-5H3. The van der Waals surface area contributed by atoms with Crippen molar-refractivity contribution in [1.29, 1.82) is 0 Å². The van der Waals surface area contributed by atoms with Crippen LogP contribution in [0.5, 0.6) is 0 Å². The largest absolute Gasteiger partial charge is 0.383 e. The number of rotatable bonds is 9. The van der Waals surface area contributed by atoms with Crippen molar-refractivity contribution in [1.82, 2.24) is 9.55 Å². The highest BCUT2D eigenvalue weighted by Crippen LogP contribution is 2.28. The highest BCUT2D eigenvalue weighted by atomic mass is 32.2. The maximum Gasteiger partial charge on any atom is 0.253 e. The average Bonchev–Trinajstić information content (AvgIpc) is 2.57. The van der Waals surface area contributed by atoms with Gasteiger partial charge in [0.2, 0.25) is 0 Å². The van der Waals surface area contributed by atoms with E-state index in [0.29, 0.717) is 18.3 Å². The van der Waals surface area contributed by atoms with Crippen LogP contribution in [-0.2, 0) is 13.0 Å². The molecule has 0 amide bonds. The van der Waals surface area contributed by atoms with Crippen LogP contribution in [0.25, 0.3) is 0 Å². The molecule has 0 aliphatic carbocycles. The number of thioether (sulfide) groups is 1. The molecule has 1 aromatic heterocycles. The topological polar surface area (TPSA) is 46.9 Å². The lowest BCUT2D eigenvalue weighted by Gasteiger charge is -2.14. The third-order valence-corrected chi connectivity index (χ3v) is 5.33. The van der Waals surface area contributed by atoms with Gasteiger partial charge in [-0.05, 0) is 43.5 Å². The second-order valence-corrected chi connectivity index (χ2v) is 8.68. The van der Waals surface area contributed by atoms with Crippen molar-refractivity contribution >= 4 is 17.4 Å². The van der Waals surface area contributed by atoms with E-state index < -0.39 is 0 Å². The van der Waals surface area contributed by atoms with Crippen molar-refractivity contribution in [3.63, 3.8) is 0 Å². The van der Waals surface area contributed by atoms with E-state index in [9.17, 15) is 4.79 Å². The Morgan fingerprint density at radius 3 is 2.50 bits per heavy atom. The molecule has 2 rings (SSSR count). The molecule has 0 radical (unpaired) electrons. The number of benzene rings is 1. The van der Waals surface area contributed by atoms with Crippen LogP contribution in [-0.4, -0.2) is 21.3 Å². The molecule has 0 aliphatic rings. The quantitative estimate of drug-likeness (QED) is 0.644. The monoisotopic (exact) mass is 373 g/mol. The highest BCUT2D eigenvalue weighted by molar-refractivity contribution is 7.99. The third-order valence-electron chi connectivity index (χ3n) is 4.19. The van der Waals surface area contributed by atoms with E-state index in [-0.39, 0.29) is 5.56 Å². The fourth-order valence-electron chi connectivity index (χ4n) is 3.10. The van der Waals surface area contributed by atoms with Gasteiger partial charge in [0, 0.05) is 47.1 Å². The molecule has 0 bridgehead atoms. The second kappa shape index (κ2) is 9.81. The van der Waals surface area contributed by atoms with Crippen LogP contribution in [0.1, 0.15) is 45.6 Å². The van der Waals surface area contributed by atoms with Gasteiger partial charge in [-0.2, -0.15) is 0 Å². The van der Waals surface area contributed by atoms with Crippen molar-refractivity contribution in [3.05, 3.63) is 52.2 Å². The molecule has 0 fully saturated rings. The molecule has 1 heterocycles. The van der Waals surface area contributed by atoms with Gasteiger partial charge >= 0.3 is 0 Å². The van der Waals surface area contributed by atoms with E-state index in [2.05, 4.69) is 55.3 Å². The number of nitrogens with zero attached hydrogens (tertiary/aromatic N) is 2. The van der Waals surface area contributed by atoms with Crippen LogP contribution in [0.2, 0.25) is 0 Å². The van der Waals surface area contributed by atoms with Gasteiger partial charge in [-0.25, -0.2) is 4.98 Å². The van der Waals surface area contributed by atoms with E-state index >= 15 is 0 Å². The number of nitrogens with one attached hydrogen (secondary N) is 1. The lowest BCUT2D eigenvalue weighted by molar-refractivity contribution is 0.585. The molecule has 1 atom stereocenters. The number of aromatic nitrogens is 2. The third kappa shape index (κ3) is 6.20. The number of anilines is 1. The normalized spacial score (nSPS) is 12.4. The van der Waals surface area contributed by atoms with E-state index in [1.807, 2.05) is 25.6 Å². The summed E-state index contributed by atoms with van der Waals surface area (Å²) >= 11 is 1.93. The van der Waals surface area contributed by atoms with E-state index in [1.165, 1.54) is 11.3 Å². The van der Waals surface area contributed by atoms with Crippen LogP contribution in [0.3, 0.4) is 0 Å². The van der Waals surface area contributed by atoms with Gasteiger partial charge < -0.3 is 5.32 Å². The van der Waals surface area contributed by atoms with Crippen molar-refractivity contribution in [2.45, 2.75) is 64.2 Å². The smallest absolute Gasteiger partial charge is 0.253 e. The number of aryl methyl sites for hydroxylation is 2. The SMILES string of the molecule is CCc1nc(C)cc(=O)n1CCNc1ccc(SC(C)CC(C)C)cc1. The van der Waals surface area contributed by atoms with Gasteiger partial charge in [-0.1, -0.05) is 27.7 Å². The Kier molecular flexibility index (Phi) is 7.76. The van der Waals surface area contributed by atoms with E-state index in [1.54, 1.807) is 10.6 Å². The zero-order valence-electron chi connectivity index (χ0n) is 16.6. The molecule has 1 N–H and O–H groups in total. The number of hydrogen-bond acceptors (Lipinski definition) is 4. The lowest BCUT2D eigenvalue weighted by atomic mass is 10.1. The van der Waals surface area contributed by atoms with Crippen LogP contribution in [0, 0.1) is 12.8 Å². The zero-order valence-corrected chi connectivity index (χ0v) is 17.4. The molecule has 0 saturated carbocycles. The van der Waals surface area contributed by atoms with Gasteiger partial charge in [-0.3, -0.25) is 9.36 Å². The van der Waals surface area contributed by atoms with Gasteiger partial charge in [0.05, 0.1) is 0 Å². The first kappa shape index (κ1) is 20.6. The first-order valence-corrected chi connectivity index (χ1v) is 10.3. The Balaban J connectivity index is 1.90. The molecule has 0 saturated heterocycles. The molecule has 5 heteroatoms. The summed E-state index contributed by atoms with van der Waals surface area (Å²) in [6.07, 6.45) is 1.99. The summed E-state index contributed by atoms with van der Waals surface area (Å²) in [5, 5.41) is 4.03. The Morgan fingerprint density at radius 2 is 1.88 bits per heavy atom. The fraction of sp³-hybridized carbons (Fsp3) is 0.524. The Hall–Kier alpha value is -1.75. The van der Waals surface area contributed by atoms with E-state index in [0.717, 1.165) is 29.5 Å². The lowest BCUT2D eigenvalue weighted by Crippen LogP contribution is -2.27. The molecule has 142 valence electrons. The first-order chi connectivity index (χ1) is 12.4. The molecule has 0 aliphatic heterocycles. The molecule has 0 spiro atoms. The molecule has 1 aromatic carbocycles. The molecule has 2 aromatic rings. The van der Waals surface area contributed by atoms with Gasteiger partial charge in [0.1, 0.15) is 5.82 Å². The summed E-state index contributed by atoms with van der Waals surface area (Å²) in [5.74, 6) is 1.58. The van der Waals surface area contributed by atoms with Crippen LogP contribution < -0.4 is 10.9 Å². The van der Waals surface area contributed by atoms with Crippen LogP contribution >= 0.6 is 11.8 Å². The van der Waals surface area contributed by atoms with Gasteiger partial charge in [0.25, 0.3) is 5.56 Å². The minimum atomic E-state index is 0.0297. The summed E-state index contributed by atoms with van der Waals surface area (Å²) in [6, 6.07) is 10.2. The molecule has 1 unspecified atom stereocenters. The highest BCUT2D eigenvalue weighted by Gasteiger charge is 2.07. The molecule has 26 heavy (non-hydrogen) atoms. The molecular weight excluding hydrogens is 342 g/mol. The summed E-state index contributed by atoms with van der Waals surface area (Å²) in [7, 11) is 0. The predicted molar refractivity (Wildman–Crippen MR) is 112 cm³/mol. The molecular formula is C21H31N3OS. The van der Waals surface area contributed by atoms with Crippen molar-refractivity contribution in [2.24, 2.45) is 5.92 Å².